The molecule has 0 bridgehead atoms. The average Bonchev–Trinajstić information content (AvgIpc) is 2.80. The molecule has 3 nitrogen and oxygen atoms in total. The molecule has 1 rings (SSSR count). The van der Waals surface area contributed by atoms with Crippen molar-refractivity contribution in [2.24, 2.45) is 0 Å². The number of H-pyrrole nitrogens is 1. The highest BCUT2D eigenvalue weighted by atomic mass is 16.1. The maximum Gasteiger partial charge on any atom is 0.224 e. The van der Waals surface area contributed by atoms with Gasteiger partial charge in [0.25, 0.3) is 0 Å². The molecule has 17 heavy (non-hydrogen) atoms. The van der Waals surface area contributed by atoms with Crippen LogP contribution >= 0.6 is 0 Å². The van der Waals surface area contributed by atoms with Crippen LogP contribution < -0.4 is 5.32 Å². The molecular formula is C14H26N2O. The third-order valence-corrected chi connectivity index (χ3v) is 2.90. The van der Waals surface area contributed by atoms with E-state index < -0.39 is 0 Å². The van der Waals surface area contributed by atoms with Gasteiger partial charge in [-0.3, -0.25) is 4.79 Å². The summed E-state index contributed by atoms with van der Waals surface area (Å²) in [5.41, 5.74) is 2.16. The first-order valence-electron chi connectivity index (χ1n) is 6.48. The maximum absolute atomic E-state index is 11.2. The first-order valence-corrected chi connectivity index (χ1v) is 6.48. The molecule has 1 aromatic heterocycles. The minimum atomic E-state index is 0.0508. The van der Waals surface area contributed by atoms with Gasteiger partial charge in [0.15, 0.2) is 0 Å². The molecule has 3 heteroatoms. The predicted molar refractivity (Wildman–Crippen MR) is 74.4 cm³/mol. The lowest BCUT2D eigenvalue weighted by atomic mass is 9.87. The molecule has 0 atom stereocenters. The van der Waals surface area contributed by atoms with Crippen molar-refractivity contribution in [3.8, 4) is 0 Å². The third-order valence-electron chi connectivity index (χ3n) is 2.90. The summed E-state index contributed by atoms with van der Waals surface area (Å²) in [5.74, 6) is 0.0508. The van der Waals surface area contributed by atoms with Gasteiger partial charge in [-0.15, -0.1) is 0 Å². The lowest BCUT2D eigenvalue weighted by Crippen LogP contribution is -2.15. The number of hydrogen-bond donors (Lipinski definition) is 2. The predicted octanol–water partition coefficient (Wildman–Crippen LogP) is 4.08. The Balaban J connectivity index is 0.00000121. The Morgan fingerprint density at radius 2 is 1.94 bits per heavy atom. The molecular weight excluding hydrogens is 212 g/mol. The fourth-order valence-electron chi connectivity index (χ4n) is 1.30. The van der Waals surface area contributed by atoms with Gasteiger partial charge in [0.2, 0.25) is 5.91 Å². The summed E-state index contributed by atoms with van der Waals surface area (Å²) >= 11 is 0. The second kappa shape index (κ2) is 7.15. The largest absolute Gasteiger partial charge is 0.363 e. The van der Waals surface area contributed by atoms with E-state index in [1.54, 1.807) is 0 Å². The maximum atomic E-state index is 11.2. The van der Waals surface area contributed by atoms with Crippen LogP contribution in [0.15, 0.2) is 12.3 Å². The number of rotatable bonds is 4. The van der Waals surface area contributed by atoms with Crippen molar-refractivity contribution >= 4 is 11.6 Å². The Bertz CT molecular complexity index is 340. The molecule has 98 valence electrons. The molecule has 0 unspecified atom stereocenters. The molecule has 0 aliphatic rings. The summed E-state index contributed by atoms with van der Waals surface area (Å²) in [7, 11) is 0. The fraction of sp³-hybridized carbons (Fsp3) is 0.643. The highest BCUT2D eigenvalue weighted by molar-refractivity contribution is 5.90. The Kier molecular flexibility index (Phi) is 6.62. The van der Waals surface area contributed by atoms with Crippen LogP contribution in [0.5, 0.6) is 0 Å². The fourth-order valence-corrected chi connectivity index (χ4v) is 1.30. The molecule has 0 saturated heterocycles. The van der Waals surface area contributed by atoms with Crippen molar-refractivity contribution in [1.29, 1.82) is 0 Å². The van der Waals surface area contributed by atoms with Gasteiger partial charge in [-0.05, 0) is 12.5 Å². The van der Waals surface area contributed by atoms with Gasteiger partial charge in [0.1, 0.15) is 0 Å². The topological polar surface area (TPSA) is 44.9 Å². The molecule has 0 saturated carbocycles. The number of anilines is 1. The number of aromatic nitrogens is 1. The van der Waals surface area contributed by atoms with Crippen molar-refractivity contribution < 1.29 is 4.79 Å². The minimum Gasteiger partial charge on any atom is -0.363 e. The van der Waals surface area contributed by atoms with E-state index in [1.165, 1.54) is 0 Å². The number of amides is 1. The average molecular weight is 238 g/mol. The molecule has 0 aromatic carbocycles. The second-order valence-corrected chi connectivity index (χ2v) is 4.44. The number of carbonyl (C=O) groups excluding carboxylic acids is 1. The molecule has 1 amide bonds. The van der Waals surface area contributed by atoms with E-state index in [1.807, 2.05) is 33.0 Å². The molecule has 1 aromatic rings. The molecule has 0 aliphatic heterocycles. The standard InChI is InChI=1S/C12H20N2O.C2H6/c1-5-11(15)14-9-7-10(13-8-9)12(3,4)6-2;1-2/h7-8,13H,5-6H2,1-4H3,(H,14,15);1-2H3. The summed E-state index contributed by atoms with van der Waals surface area (Å²) < 4.78 is 0. The van der Waals surface area contributed by atoms with E-state index in [4.69, 9.17) is 0 Å². The number of aromatic amines is 1. The van der Waals surface area contributed by atoms with E-state index in [0.717, 1.165) is 17.8 Å². The van der Waals surface area contributed by atoms with Crippen LogP contribution in [0.2, 0.25) is 0 Å². The molecule has 0 fully saturated rings. The Morgan fingerprint density at radius 3 is 2.41 bits per heavy atom. The van der Waals surface area contributed by atoms with E-state index in [9.17, 15) is 4.79 Å². The van der Waals surface area contributed by atoms with Gasteiger partial charge in [-0.1, -0.05) is 41.5 Å². The SMILES string of the molecule is CC.CCC(=O)Nc1c[nH]c(C(C)(C)CC)c1. The van der Waals surface area contributed by atoms with E-state index in [0.29, 0.717) is 6.42 Å². The van der Waals surface area contributed by atoms with Crippen molar-refractivity contribution in [3.63, 3.8) is 0 Å². The lowest BCUT2D eigenvalue weighted by molar-refractivity contribution is -0.115. The minimum absolute atomic E-state index is 0.0508. The van der Waals surface area contributed by atoms with Gasteiger partial charge >= 0.3 is 0 Å². The first kappa shape index (κ1) is 15.8. The summed E-state index contributed by atoms with van der Waals surface area (Å²) in [6, 6.07) is 2.01. The Morgan fingerprint density at radius 1 is 1.35 bits per heavy atom. The lowest BCUT2D eigenvalue weighted by Gasteiger charge is -2.20. The molecule has 1 heterocycles. The van der Waals surface area contributed by atoms with Gasteiger partial charge in [-0.25, -0.2) is 0 Å². The zero-order valence-electron chi connectivity index (χ0n) is 12.0. The van der Waals surface area contributed by atoms with Gasteiger partial charge in [0, 0.05) is 23.7 Å². The zero-order chi connectivity index (χ0) is 13.5. The van der Waals surface area contributed by atoms with Crippen LogP contribution in [-0.2, 0) is 10.2 Å². The van der Waals surface area contributed by atoms with Crippen molar-refractivity contribution in [3.05, 3.63) is 18.0 Å². The van der Waals surface area contributed by atoms with Crippen LogP contribution in [0.3, 0.4) is 0 Å². The number of carbonyl (C=O) groups is 1. The van der Waals surface area contributed by atoms with Crippen molar-refractivity contribution in [2.45, 2.75) is 59.8 Å². The quantitative estimate of drug-likeness (QED) is 0.815. The summed E-state index contributed by atoms with van der Waals surface area (Å²) in [6.45, 7) is 12.4. The van der Waals surface area contributed by atoms with Gasteiger partial charge in [0.05, 0.1) is 5.69 Å². The first-order chi connectivity index (χ1) is 7.99. The van der Waals surface area contributed by atoms with Gasteiger partial charge in [-0.2, -0.15) is 0 Å². The molecule has 2 N–H and O–H groups in total. The smallest absolute Gasteiger partial charge is 0.224 e. The van der Waals surface area contributed by atoms with E-state index in [-0.39, 0.29) is 11.3 Å². The Labute approximate surface area is 105 Å². The number of hydrogen-bond acceptors (Lipinski definition) is 1. The van der Waals surface area contributed by atoms with E-state index >= 15 is 0 Å². The number of nitrogens with one attached hydrogen (secondary N) is 2. The van der Waals surface area contributed by atoms with Crippen molar-refractivity contribution in [1.82, 2.24) is 4.98 Å². The molecule has 0 spiro atoms. The summed E-state index contributed by atoms with van der Waals surface area (Å²) in [6.07, 6.45) is 3.42. The summed E-state index contributed by atoms with van der Waals surface area (Å²) in [5, 5.41) is 2.84. The van der Waals surface area contributed by atoms with Crippen molar-refractivity contribution in [2.75, 3.05) is 5.32 Å². The second-order valence-electron chi connectivity index (χ2n) is 4.44. The monoisotopic (exact) mass is 238 g/mol. The van der Waals surface area contributed by atoms with Crippen LogP contribution in [0, 0.1) is 0 Å². The van der Waals surface area contributed by atoms with E-state index in [2.05, 4.69) is 31.1 Å². The Hall–Kier alpha value is -1.25. The third kappa shape index (κ3) is 4.63. The zero-order valence-corrected chi connectivity index (χ0v) is 12.0. The van der Waals surface area contributed by atoms with Gasteiger partial charge < -0.3 is 10.3 Å². The summed E-state index contributed by atoms with van der Waals surface area (Å²) in [4.78, 5) is 14.4. The normalized spacial score (nSPS) is 10.5. The molecule has 0 aliphatic carbocycles. The molecule has 0 radical (unpaired) electrons. The van der Waals surface area contributed by atoms with Crippen LogP contribution in [0.1, 0.15) is 60.1 Å². The highest BCUT2D eigenvalue weighted by Gasteiger charge is 2.19. The van der Waals surface area contributed by atoms with Crippen LogP contribution in [-0.4, -0.2) is 10.9 Å². The highest BCUT2D eigenvalue weighted by Crippen LogP contribution is 2.27. The van der Waals surface area contributed by atoms with Crippen LogP contribution in [0.25, 0.3) is 0 Å². The van der Waals surface area contributed by atoms with Crippen LogP contribution in [0.4, 0.5) is 5.69 Å².